The zero-order chi connectivity index (χ0) is 29.6. The third kappa shape index (κ3) is 7.15. The molecule has 0 radical (unpaired) electrons. The summed E-state index contributed by atoms with van der Waals surface area (Å²) in [6.07, 6.45) is 3.93. The van der Waals surface area contributed by atoms with E-state index in [1.807, 2.05) is 48.7 Å². The SMILES string of the molecule is Cc1c(C(=O)NCCOC(C)C)ccc2nn(CC3CCN(C(=O)c4ccc(Oc5ccc(F)cc5)cc4)CC3)cc12. The van der Waals surface area contributed by atoms with E-state index in [1.165, 1.54) is 12.1 Å². The maximum absolute atomic E-state index is 13.1. The number of amides is 2. The van der Waals surface area contributed by atoms with Gasteiger partial charge in [0, 0.05) is 48.9 Å². The molecule has 1 saturated heterocycles. The number of aryl methyl sites for hydroxylation is 1. The van der Waals surface area contributed by atoms with Gasteiger partial charge in [0.05, 0.1) is 18.2 Å². The number of hydrogen-bond donors (Lipinski definition) is 1. The first-order valence-corrected chi connectivity index (χ1v) is 14.5. The second-order valence-electron chi connectivity index (χ2n) is 11.0. The number of carbonyl (C=O) groups excluding carboxylic acids is 2. The average molecular weight is 573 g/mol. The fourth-order valence-corrected chi connectivity index (χ4v) is 5.24. The quantitative estimate of drug-likeness (QED) is 0.236. The maximum Gasteiger partial charge on any atom is 0.253 e. The molecule has 2 heterocycles. The Morgan fingerprint density at radius 2 is 1.67 bits per heavy atom. The molecule has 0 saturated carbocycles. The smallest absolute Gasteiger partial charge is 0.253 e. The molecular weight excluding hydrogens is 535 g/mol. The number of aromatic nitrogens is 2. The van der Waals surface area contributed by atoms with Crippen LogP contribution < -0.4 is 10.1 Å². The molecule has 2 amide bonds. The van der Waals surface area contributed by atoms with E-state index >= 15 is 0 Å². The van der Waals surface area contributed by atoms with Gasteiger partial charge in [0.1, 0.15) is 17.3 Å². The van der Waals surface area contributed by atoms with Crippen LogP contribution in [0.1, 0.15) is 53.0 Å². The van der Waals surface area contributed by atoms with Crippen LogP contribution in [-0.2, 0) is 11.3 Å². The largest absolute Gasteiger partial charge is 0.457 e. The average Bonchev–Trinajstić information content (AvgIpc) is 3.40. The number of nitrogens with zero attached hydrogens (tertiary/aromatic N) is 3. The molecule has 3 aromatic carbocycles. The van der Waals surface area contributed by atoms with Crippen molar-refractivity contribution in [3.8, 4) is 11.5 Å². The molecule has 4 aromatic rings. The molecule has 0 unspecified atom stereocenters. The van der Waals surface area contributed by atoms with Crippen LogP contribution >= 0.6 is 0 Å². The van der Waals surface area contributed by atoms with Crippen LogP contribution in [0.2, 0.25) is 0 Å². The van der Waals surface area contributed by atoms with Crippen LogP contribution in [0.3, 0.4) is 0 Å². The Hall–Kier alpha value is -4.24. The number of carbonyl (C=O) groups is 2. The lowest BCUT2D eigenvalue weighted by Gasteiger charge is -2.32. The van der Waals surface area contributed by atoms with Crippen molar-refractivity contribution in [3.05, 3.63) is 89.4 Å². The lowest BCUT2D eigenvalue weighted by molar-refractivity contribution is 0.0681. The number of piperidine rings is 1. The van der Waals surface area contributed by atoms with Gasteiger partial charge in [0.15, 0.2) is 0 Å². The molecule has 0 aliphatic carbocycles. The summed E-state index contributed by atoms with van der Waals surface area (Å²) in [4.78, 5) is 27.7. The Morgan fingerprint density at radius 1 is 1.00 bits per heavy atom. The van der Waals surface area contributed by atoms with Crippen molar-refractivity contribution in [1.82, 2.24) is 20.0 Å². The molecule has 1 N–H and O–H groups in total. The van der Waals surface area contributed by atoms with E-state index in [4.69, 9.17) is 14.6 Å². The zero-order valence-electron chi connectivity index (χ0n) is 24.3. The van der Waals surface area contributed by atoms with Crippen LogP contribution in [0, 0.1) is 18.7 Å². The van der Waals surface area contributed by atoms with Crippen LogP contribution in [0.25, 0.3) is 10.9 Å². The predicted octanol–water partition coefficient (Wildman–Crippen LogP) is 5.98. The minimum atomic E-state index is -0.320. The lowest BCUT2D eigenvalue weighted by atomic mass is 9.96. The van der Waals surface area contributed by atoms with Crippen molar-refractivity contribution < 1.29 is 23.5 Å². The van der Waals surface area contributed by atoms with Crippen molar-refractivity contribution in [2.75, 3.05) is 26.2 Å². The number of likely N-dealkylation sites (tertiary alicyclic amines) is 1. The molecule has 5 rings (SSSR count). The molecule has 0 bridgehead atoms. The highest BCUT2D eigenvalue weighted by atomic mass is 19.1. The highest BCUT2D eigenvalue weighted by Crippen LogP contribution is 2.26. The normalized spacial score (nSPS) is 14.0. The standard InChI is InChI=1S/C33H37FN4O4/c1-22(2)41-19-16-35-32(39)29-12-13-31-30(23(29)3)21-38(36-31)20-24-14-17-37(18-15-24)33(40)25-4-8-27(9-5-25)42-28-10-6-26(34)7-11-28/h4-13,21-22,24H,14-20H2,1-3H3,(H,35,39). The van der Waals surface area contributed by atoms with Crippen LogP contribution in [0.4, 0.5) is 4.39 Å². The maximum atomic E-state index is 13.1. The van der Waals surface area contributed by atoms with Gasteiger partial charge in [-0.3, -0.25) is 14.3 Å². The second kappa shape index (κ2) is 13.2. The van der Waals surface area contributed by atoms with Gasteiger partial charge in [-0.25, -0.2) is 4.39 Å². The van der Waals surface area contributed by atoms with E-state index in [1.54, 1.807) is 36.4 Å². The topological polar surface area (TPSA) is 85.7 Å². The third-order valence-corrected chi connectivity index (χ3v) is 7.59. The van der Waals surface area contributed by atoms with Gasteiger partial charge < -0.3 is 19.7 Å². The van der Waals surface area contributed by atoms with E-state index < -0.39 is 0 Å². The van der Waals surface area contributed by atoms with E-state index in [0.717, 1.165) is 35.9 Å². The van der Waals surface area contributed by atoms with E-state index in [-0.39, 0.29) is 23.7 Å². The Labute approximate surface area is 245 Å². The molecule has 9 heteroatoms. The molecule has 220 valence electrons. The molecule has 8 nitrogen and oxygen atoms in total. The molecule has 1 aromatic heterocycles. The Kier molecular flexibility index (Phi) is 9.17. The molecule has 0 atom stereocenters. The first-order valence-electron chi connectivity index (χ1n) is 14.5. The monoisotopic (exact) mass is 572 g/mol. The van der Waals surface area contributed by atoms with Crippen LogP contribution in [-0.4, -0.2) is 58.8 Å². The third-order valence-electron chi connectivity index (χ3n) is 7.59. The summed E-state index contributed by atoms with van der Waals surface area (Å²) in [5.74, 6) is 1.10. The summed E-state index contributed by atoms with van der Waals surface area (Å²) in [5, 5.41) is 8.66. The summed E-state index contributed by atoms with van der Waals surface area (Å²) in [5.41, 5.74) is 3.04. The molecule has 1 aliphatic heterocycles. The Morgan fingerprint density at radius 3 is 2.33 bits per heavy atom. The van der Waals surface area contributed by atoms with Crippen LogP contribution in [0.15, 0.2) is 66.9 Å². The molecule has 42 heavy (non-hydrogen) atoms. The first kappa shape index (κ1) is 29.3. The Balaban J connectivity index is 1.13. The molecule has 0 spiro atoms. The van der Waals surface area contributed by atoms with Gasteiger partial charge >= 0.3 is 0 Å². The number of benzene rings is 3. The summed E-state index contributed by atoms with van der Waals surface area (Å²) >= 11 is 0. The number of halogens is 1. The van der Waals surface area contributed by atoms with E-state index in [9.17, 15) is 14.0 Å². The zero-order valence-corrected chi connectivity index (χ0v) is 24.3. The van der Waals surface area contributed by atoms with Crippen molar-refractivity contribution in [2.45, 2.75) is 46.3 Å². The van der Waals surface area contributed by atoms with Gasteiger partial charge in [-0.2, -0.15) is 5.10 Å². The fraction of sp³-hybridized carbons (Fsp3) is 0.364. The summed E-state index contributed by atoms with van der Waals surface area (Å²) in [7, 11) is 0. The Bertz CT molecular complexity index is 1520. The molecule has 1 aliphatic rings. The number of fused-ring (bicyclic) bond motifs is 1. The minimum Gasteiger partial charge on any atom is -0.457 e. The molecule has 1 fully saturated rings. The fourth-order valence-electron chi connectivity index (χ4n) is 5.24. The van der Waals surface area contributed by atoms with Crippen molar-refractivity contribution in [1.29, 1.82) is 0 Å². The predicted molar refractivity (Wildman–Crippen MR) is 159 cm³/mol. The van der Waals surface area contributed by atoms with Gasteiger partial charge in [0.2, 0.25) is 0 Å². The minimum absolute atomic E-state index is 0.00353. The summed E-state index contributed by atoms with van der Waals surface area (Å²) in [6, 6.07) is 16.6. The number of ether oxygens (including phenoxy) is 2. The molecular formula is C33H37FN4O4. The highest BCUT2D eigenvalue weighted by molar-refractivity contribution is 6.00. The second-order valence-corrected chi connectivity index (χ2v) is 11.0. The van der Waals surface area contributed by atoms with E-state index in [0.29, 0.717) is 54.8 Å². The van der Waals surface area contributed by atoms with Gasteiger partial charge in [-0.15, -0.1) is 0 Å². The number of hydrogen-bond acceptors (Lipinski definition) is 5. The van der Waals surface area contributed by atoms with Gasteiger partial charge in [-0.05, 0) is 106 Å². The summed E-state index contributed by atoms with van der Waals surface area (Å²) in [6.45, 7) is 8.97. The summed E-state index contributed by atoms with van der Waals surface area (Å²) < 4.78 is 26.3. The van der Waals surface area contributed by atoms with Crippen molar-refractivity contribution in [3.63, 3.8) is 0 Å². The first-order chi connectivity index (χ1) is 20.3. The van der Waals surface area contributed by atoms with Gasteiger partial charge in [0.25, 0.3) is 11.8 Å². The van der Waals surface area contributed by atoms with Crippen molar-refractivity contribution in [2.24, 2.45) is 5.92 Å². The van der Waals surface area contributed by atoms with E-state index in [2.05, 4.69) is 5.32 Å². The van der Waals surface area contributed by atoms with Gasteiger partial charge in [-0.1, -0.05) is 0 Å². The highest BCUT2D eigenvalue weighted by Gasteiger charge is 2.24. The lowest BCUT2D eigenvalue weighted by Crippen LogP contribution is -2.39. The number of nitrogens with one attached hydrogen (secondary N) is 1. The van der Waals surface area contributed by atoms with Crippen LogP contribution in [0.5, 0.6) is 11.5 Å². The number of rotatable bonds is 10. The van der Waals surface area contributed by atoms with Crippen molar-refractivity contribution >= 4 is 22.7 Å².